The van der Waals surface area contributed by atoms with Gasteiger partial charge >= 0.3 is 0 Å². The number of carbonyl (C=O) groups excluding carboxylic acids is 1. The summed E-state index contributed by atoms with van der Waals surface area (Å²) < 4.78 is 0. The summed E-state index contributed by atoms with van der Waals surface area (Å²) in [4.78, 5) is 17.1. The van der Waals surface area contributed by atoms with Gasteiger partial charge in [-0.1, -0.05) is 67.4 Å². The van der Waals surface area contributed by atoms with Crippen molar-refractivity contribution in [1.29, 1.82) is 0 Å². The summed E-state index contributed by atoms with van der Waals surface area (Å²) in [5.41, 5.74) is 3.10. The van der Waals surface area contributed by atoms with Gasteiger partial charge in [-0.25, -0.2) is 0 Å². The molecule has 1 amide bonds. The summed E-state index contributed by atoms with van der Waals surface area (Å²) >= 11 is 6.00. The summed E-state index contributed by atoms with van der Waals surface area (Å²) in [7, 11) is 0. The molecule has 24 heavy (non-hydrogen) atoms. The lowest BCUT2D eigenvalue weighted by Gasteiger charge is -2.34. The smallest absolute Gasteiger partial charge is 0.245 e. The molecule has 1 aliphatic heterocycles. The number of nitrogens with one attached hydrogen (secondary N) is 1. The van der Waals surface area contributed by atoms with Crippen LogP contribution in [0.1, 0.15) is 36.8 Å². The second kappa shape index (κ2) is 7.63. The van der Waals surface area contributed by atoms with Crippen molar-refractivity contribution in [3.63, 3.8) is 0 Å². The van der Waals surface area contributed by atoms with E-state index in [0.717, 1.165) is 29.7 Å². The highest BCUT2D eigenvalue weighted by molar-refractivity contribution is 6.30. The van der Waals surface area contributed by atoms with Gasteiger partial charge in [0, 0.05) is 11.6 Å². The van der Waals surface area contributed by atoms with E-state index in [-0.39, 0.29) is 17.9 Å². The predicted octanol–water partition coefficient (Wildman–Crippen LogP) is 4.21. The first-order chi connectivity index (χ1) is 11.7. The number of unbranched alkanes of at least 4 members (excludes halogenated alkanes) is 1. The first kappa shape index (κ1) is 16.7. The quantitative estimate of drug-likeness (QED) is 0.786. The van der Waals surface area contributed by atoms with Gasteiger partial charge in [-0.15, -0.1) is 0 Å². The second-order valence-corrected chi connectivity index (χ2v) is 6.44. The Kier molecular flexibility index (Phi) is 5.31. The van der Waals surface area contributed by atoms with Crippen LogP contribution in [-0.4, -0.2) is 24.2 Å². The van der Waals surface area contributed by atoms with Crippen LogP contribution in [0, 0.1) is 0 Å². The molecule has 0 bridgehead atoms. The lowest BCUT2D eigenvalue weighted by atomic mass is 9.78. The molecule has 2 aromatic carbocycles. The number of aliphatic imine (C=N–C) groups is 1. The Morgan fingerprint density at radius 1 is 1.12 bits per heavy atom. The molecule has 2 atom stereocenters. The minimum atomic E-state index is -0.363. The highest BCUT2D eigenvalue weighted by atomic mass is 35.5. The van der Waals surface area contributed by atoms with E-state index in [2.05, 4.69) is 17.2 Å². The molecule has 1 heterocycles. The molecule has 1 aliphatic rings. The van der Waals surface area contributed by atoms with E-state index in [4.69, 9.17) is 11.6 Å². The van der Waals surface area contributed by atoms with E-state index >= 15 is 0 Å². The molecular weight excluding hydrogens is 320 g/mol. The van der Waals surface area contributed by atoms with Crippen LogP contribution >= 0.6 is 11.6 Å². The monoisotopic (exact) mass is 340 g/mol. The van der Waals surface area contributed by atoms with Gasteiger partial charge in [0.1, 0.15) is 6.04 Å². The van der Waals surface area contributed by atoms with E-state index in [1.807, 2.05) is 54.6 Å². The predicted molar refractivity (Wildman–Crippen MR) is 98.9 cm³/mol. The fraction of sp³-hybridized carbons (Fsp3) is 0.300. The Bertz CT molecular complexity index is 725. The first-order valence-corrected chi connectivity index (χ1v) is 8.74. The van der Waals surface area contributed by atoms with Crippen molar-refractivity contribution in [2.45, 2.75) is 31.7 Å². The van der Waals surface area contributed by atoms with Crippen LogP contribution in [0.5, 0.6) is 0 Å². The third-order valence-corrected chi connectivity index (χ3v) is 4.54. The normalized spacial score (nSPS) is 19.3. The third-order valence-electron chi connectivity index (χ3n) is 4.29. The van der Waals surface area contributed by atoms with Crippen molar-refractivity contribution in [2.24, 2.45) is 4.99 Å². The maximum Gasteiger partial charge on any atom is 0.245 e. The van der Waals surface area contributed by atoms with Crippen molar-refractivity contribution >= 4 is 23.2 Å². The SMILES string of the molecule is CCCCNC(=O)C1N=C(c2ccccc2)C1c1ccc(Cl)cc1. The van der Waals surface area contributed by atoms with Crippen LogP contribution in [0.3, 0.4) is 0 Å². The van der Waals surface area contributed by atoms with Crippen LogP contribution < -0.4 is 5.32 Å². The van der Waals surface area contributed by atoms with Gasteiger partial charge in [-0.3, -0.25) is 9.79 Å². The maximum absolute atomic E-state index is 12.5. The highest BCUT2D eigenvalue weighted by Crippen LogP contribution is 2.35. The molecule has 0 spiro atoms. The maximum atomic E-state index is 12.5. The Labute approximate surface area is 147 Å². The molecule has 0 saturated heterocycles. The lowest BCUT2D eigenvalue weighted by molar-refractivity contribution is -0.122. The Balaban J connectivity index is 1.86. The van der Waals surface area contributed by atoms with E-state index in [0.29, 0.717) is 11.6 Å². The van der Waals surface area contributed by atoms with Crippen molar-refractivity contribution < 1.29 is 4.79 Å². The summed E-state index contributed by atoms with van der Waals surface area (Å²) in [5.74, 6) is -0.0191. The summed E-state index contributed by atoms with van der Waals surface area (Å²) in [6, 6.07) is 17.4. The van der Waals surface area contributed by atoms with Crippen molar-refractivity contribution in [2.75, 3.05) is 6.54 Å². The Hall–Kier alpha value is -2.13. The molecule has 4 heteroatoms. The summed E-state index contributed by atoms with van der Waals surface area (Å²) in [6.07, 6.45) is 2.05. The molecule has 0 saturated carbocycles. The van der Waals surface area contributed by atoms with Crippen molar-refractivity contribution in [1.82, 2.24) is 5.32 Å². The standard InChI is InChI=1S/C20H21ClN2O/c1-2-3-13-22-20(24)19-17(14-9-11-16(21)12-10-14)18(23-19)15-7-5-4-6-8-15/h4-12,17,19H,2-3,13H2,1H3,(H,22,24). The molecule has 3 rings (SSSR count). The van der Waals surface area contributed by atoms with Crippen LogP contribution in [0.15, 0.2) is 59.6 Å². The molecule has 0 radical (unpaired) electrons. The van der Waals surface area contributed by atoms with Crippen molar-refractivity contribution in [3.05, 3.63) is 70.7 Å². The van der Waals surface area contributed by atoms with E-state index in [1.165, 1.54) is 0 Å². The zero-order valence-electron chi connectivity index (χ0n) is 13.7. The topological polar surface area (TPSA) is 41.5 Å². The van der Waals surface area contributed by atoms with E-state index in [9.17, 15) is 4.79 Å². The van der Waals surface area contributed by atoms with Crippen LogP contribution in [0.25, 0.3) is 0 Å². The van der Waals surface area contributed by atoms with Gasteiger partial charge < -0.3 is 5.32 Å². The van der Waals surface area contributed by atoms with Crippen LogP contribution in [0.4, 0.5) is 0 Å². The molecular formula is C20H21ClN2O. The molecule has 0 aromatic heterocycles. The minimum Gasteiger partial charge on any atom is -0.354 e. The number of rotatable bonds is 6. The van der Waals surface area contributed by atoms with Gasteiger partial charge in [0.2, 0.25) is 5.91 Å². The molecule has 2 aromatic rings. The number of benzene rings is 2. The number of carbonyl (C=O) groups is 1. The van der Waals surface area contributed by atoms with Crippen molar-refractivity contribution in [3.8, 4) is 0 Å². The fourth-order valence-corrected chi connectivity index (χ4v) is 3.07. The summed E-state index contributed by atoms with van der Waals surface area (Å²) in [5, 5.41) is 3.69. The lowest BCUT2D eigenvalue weighted by Crippen LogP contribution is -2.47. The molecule has 2 unspecified atom stereocenters. The molecule has 0 fully saturated rings. The largest absolute Gasteiger partial charge is 0.354 e. The third kappa shape index (κ3) is 3.51. The number of hydrogen-bond acceptors (Lipinski definition) is 2. The number of amides is 1. The molecule has 1 N–H and O–H groups in total. The number of halogens is 1. The Morgan fingerprint density at radius 3 is 2.50 bits per heavy atom. The van der Waals surface area contributed by atoms with Gasteiger partial charge in [0.25, 0.3) is 0 Å². The first-order valence-electron chi connectivity index (χ1n) is 8.37. The van der Waals surface area contributed by atoms with E-state index < -0.39 is 0 Å². The van der Waals surface area contributed by atoms with Crippen LogP contribution in [-0.2, 0) is 4.79 Å². The zero-order chi connectivity index (χ0) is 16.9. The minimum absolute atomic E-state index is 0.00285. The van der Waals surface area contributed by atoms with Gasteiger partial charge in [0.15, 0.2) is 0 Å². The molecule has 0 aliphatic carbocycles. The average Bonchev–Trinajstić information content (AvgIpc) is 2.57. The van der Waals surface area contributed by atoms with E-state index in [1.54, 1.807) is 0 Å². The number of nitrogens with zero attached hydrogens (tertiary/aromatic N) is 1. The Morgan fingerprint density at radius 2 is 1.83 bits per heavy atom. The fourth-order valence-electron chi connectivity index (χ4n) is 2.95. The van der Waals surface area contributed by atoms with Gasteiger partial charge in [-0.05, 0) is 29.7 Å². The second-order valence-electron chi connectivity index (χ2n) is 6.00. The van der Waals surface area contributed by atoms with Gasteiger partial charge in [-0.2, -0.15) is 0 Å². The average molecular weight is 341 g/mol. The number of hydrogen-bond donors (Lipinski definition) is 1. The molecule has 124 valence electrons. The summed E-state index contributed by atoms with van der Waals surface area (Å²) in [6.45, 7) is 2.81. The zero-order valence-corrected chi connectivity index (χ0v) is 14.5. The highest BCUT2D eigenvalue weighted by Gasteiger charge is 2.41. The van der Waals surface area contributed by atoms with Crippen LogP contribution in [0.2, 0.25) is 5.02 Å². The van der Waals surface area contributed by atoms with Gasteiger partial charge in [0.05, 0.1) is 11.6 Å². The molecule has 3 nitrogen and oxygen atoms in total.